The van der Waals surface area contributed by atoms with E-state index in [1.54, 1.807) is 6.07 Å². The van der Waals surface area contributed by atoms with Crippen molar-refractivity contribution in [2.75, 3.05) is 0 Å². The van der Waals surface area contributed by atoms with Gasteiger partial charge in [0.1, 0.15) is 0 Å². The van der Waals surface area contributed by atoms with Crippen molar-refractivity contribution >= 4 is 10.8 Å². The standard InChI is InChI=1S/C10H10N2O2/c11-13-9-6-5-7-3-1-2-4-8(7)10(9)14-12/h1-6H,11-12H2. The molecule has 4 nitrogen and oxygen atoms in total. The predicted octanol–water partition coefficient (Wildman–Crippen LogP) is 1.34. The van der Waals surface area contributed by atoms with Crippen molar-refractivity contribution in [1.82, 2.24) is 0 Å². The second-order valence-corrected chi connectivity index (χ2v) is 2.85. The van der Waals surface area contributed by atoms with Crippen LogP contribution in [0.4, 0.5) is 0 Å². The first-order valence-electron chi connectivity index (χ1n) is 4.12. The van der Waals surface area contributed by atoms with Gasteiger partial charge >= 0.3 is 0 Å². The van der Waals surface area contributed by atoms with E-state index in [-0.39, 0.29) is 0 Å². The fraction of sp³-hybridized carbons (Fsp3) is 0. The fourth-order valence-corrected chi connectivity index (χ4v) is 1.44. The fourth-order valence-electron chi connectivity index (χ4n) is 1.44. The minimum absolute atomic E-state index is 0.422. The van der Waals surface area contributed by atoms with Gasteiger partial charge in [0.2, 0.25) is 0 Å². The van der Waals surface area contributed by atoms with Gasteiger partial charge in [0.15, 0.2) is 11.5 Å². The summed E-state index contributed by atoms with van der Waals surface area (Å²) in [6.07, 6.45) is 0. The maximum atomic E-state index is 5.16. The van der Waals surface area contributed by atoms with Crippen molar-refractivity contribution in [3.05, 3.63) is 36.4 Å². The van der Waals surface area contributed by atoms with Gasteiger partial charge in [0, 0.05) is 5.39 Å². The minimum atomic E-state index is 0.422. The Hall–Kier alpha value is -1.78. The summed E-state index contributed by atoms with van der Waals surface area (Å²) in [6, 6.07) is 11.3. The van der Waals surface area contributed by atoms with Crippen LogP contribution in [0, 0.1) is 0 Å². The first-order valence-corrected chi connectivity index (χ1v) is 4.12. The highest BCUT2D eigenvalue weighted by atomic mass is 16.7. The van der Waals surface area contributed by atoms with Crippen molar-refractivity contribution in [2.24, 2.45) is 11.8 Å². The topological polar surface area (TPSA) is 70.5 Å². The second-order valence-electron chi connectivity index (χ2n) is 2.85. The number of nitrogens with two attached hydrogens (primary N) is 2. The number of hydrogen-bond donors (Lipinski definition) is 2. The molecule has 0 bridgehead atoms. The van der Waals surface area contributed by atoms with Crippen LogP contribution < -0.4 is 21.5 Å². The lowest BCUT2D eigenvalue weighted by Gasteiger charge is -2.08. The van der Waals surface area contributed by atoms with Gasteiger partial charge < -0.3 is 9.68 Å². The van der Waals surface area contributed by atoms with Crippen LogP contribution >= 0.6 is 0 Å². The number of rotatable bonds is 2. The van der Waals surface area contributed by atoms with E-state index in [0.29, 0.717) is 11.5 Å². The van der Waals surface area contributed by atoms with E-state index in [0.717, 1.165) is 10.8 Å². The molecule has 0 heterocycles. The van der Waals surface area contributed by atoms with Crippen LogP contribution in [0.1, 0.15) is 0 Å². The molecule has 0 spiro atoms. The molecular formula is C10H10N2O2. The summed E-state index contributed by atoms with van der Waals surface area (Å²) in [5.41, 5.74) is 0. The first-order chi connectivity index (χ1) is 6.86. The maximum Gasteiger partial charge on any atom is 0.199 e. The van der Waals surface area contributed by atoms with Gasteiger partial charge in [-0.3, -0.25) is 0 Å². The van der Waals surface area contributed by atoms with E-state index >= 15 is 0 Å². The van der Waals surface area contributed by atoms with E-state index < -0.39 is 0 Å². The lowest BCUT2D eigenvalue weighted by molar-refractivity contribution is 0.284. The Kier molecular flexibility index (Phi) is 2.22. The monoisotopic (exact) mass is 190 g/mol. The highest BCUT2D eigenvalue weighted by Gasteiger charge is 2.08. The molecular weight excluding hydrogens is 180 g/mol. The van der Waals surface area contributed by atoms with Gasteiger partial charge in [-0.2, -0.15) is 11.8 Å². The molecule has 72 valence electrons. The third-order valence-corrected chi connectivity index (χ3v) is 2.09. The lowest BCUT2D eigenvalue weighted by Crippen LogP contribution is -2.08. The third-order valence-electron chi connectivity index (χ3n) is 2.09. The quantitative estimate of drug-likeness (QED) is 0.701. The lowest BCUT2D eigenvalue weighted by atomic mass is 10.1. The summed E-state index contributed by atoms with van der Waals surface area (Å²) >= 11 is 0. The molecule has 0 aromatic heterocycles. The molecule has 2 aromatic rings. The maximum absolute atomic E-state index is 5.16. The zero-order valence-electron chi connectivity index (χ0n) is 7.44. The van der Waals surface area contributed by atoms with Crippen molar-refractivity contribution in [1.29, 1.82) is 0 Å². The van der Waals surface area contributed by atoms with Crippen LogP contribution in [0.2, 0.25) is 0 Å². The summed E-state index contributed by atoms with van der Waals surface area (Å²) in [5.74, 6) is 11.1. The Morgan fingerprint density at radius 3 is 2.36 bits per heavy atom. The van der Waals surface area contributed by atoms with Gasteiger partial charge in [-0.15, -0.1) is 0 Å². The smallest absolute Gasteiger partial charge is 0.199 e. The van der Waals surface area contributed by atoms with E-state index in [1.807, 2.05) is 30.3 Å². The van der Waals surface area contributed by atoms with Crippen LogP contribution in [-0.4, -0.2) is 0 Å². The average Bonchev–Trinajstić information content (AvgIpc) is 2.27. The molecule has 0 unspecified atom stereocenters. The molecule has 2 aromatic carbocycles. The molecule has 0 amide bonds. The summed E-state index contributed by atoms with van der Waals surface area (Å²) in [7, 11) is 0. The molecule has 0 fully saturated rings. The average molecular weight is 190 g/mol. The molecule has 4 N–H and O–H groups in total. The first kappa shape index (κ1) is 8.80. The minimum Gasteiger partial charge on any atom is -0.407 e. The largest absolute Gasteiger partial charge is 0.407 e. The van der Waals surface area contributed by atoms with Crippen molar-refractivity contribution in [3.8, 4) is 11.5 Å². The van der Waals surface area contributed by atoms with E-state index in [4.69, 9.17) is 16.6 Å². The van der Waals surface area contributed by atoms with Crippen molar-refractivity contribution in [3.63, 3.8) is 0 Å². The molecule has 0 saturated carbocycles. The van der Waals surface area contributed by atoms with Crippen LogP contribution in [0.25, 0.3) is 10.8 Å². The van der Waals surface area contributed by atoms with E-state index in [2.05, 4.69) is 4.84 Å². The highest BCUT2D eigenvalue weighted by Crippen LogP contribution is 2.33. The second kappa shape index (κ2) is 3.53. The van der Waals surface area contributed by atoms with Gasteiger partial charge in [-0.25, -0.2) is 0 Å². The van der Waals surface area contributed by atoms with E-state index in [1.165, 1.54) is 0 Å². The van der Waals surface area contributed by atoms with Gasteiger partial charge in [-0.1, -0.05) is 30.3 Å². The Morgan fingerprint density at radius 1 is 0.857 bits per heavy atom. The molecule has 14 heavy (non-hydrogen) atoms. The van der Waals surface area contributed by atoms with Gasteiger partial charge in [-0.05, 0) is 11.5 Å². The van der Waals surface area contributed by atoms with Crippen LogP contribution in [0.5, 0.6) is 11.5 Å². The summed E-state index contributed by atoms with van der Waals surface area (Å²) < 4.78 is 0. The molecule has 0 radical (unpaired) electrons. The number of benzene rings is 2. The normalized spacial score (nSPS) is 10.1. The van der Waals surface area contributed by atoms with Gasteiger partial charge in [0.25, 0.3) is 0 Å². The molecule has 0 aliphatic rings. The van der Waals surface area contributed by atoms with Crippen LogP contribution in [-0.2, 0) is 0 Å². The number of fused-ring (bicyclic) bond motifs is 1. The van der Waals surface area contributed by atoms with E-state index in [9.17, 15) is 0 Å². The van der Waals surface area contributed by atoms with Gasteiger partial charge in [0.05, 0.1) is 0 Å². The zero-order chi connectivity index (χ0) is 9.97. The van der Waals surface area contributed by atoms with Crippen molar-refractivity contribution < 1.29 is 9.68 Å². The molecule has 0 atom stereocenters. The summed E-state index contributed by atoms with van der Waals surface area (Å²) in [6.45, 7) is 0. The Bertz CT molecular complexity index is 457. The Labute approximate surface area is 80.9 Å². The zero-order valence-corrected chi connectivity index (χ0v) is 7.44. The molecule has 0 saturated heterocycles. The molecule has 0 aliphatic heterocycles. The highest BCUT2D eigenvalue weighted by molar-refractivity contribution is 5.90. The summed E-state index contributed by atoms with van der Waals surface area (Å²) in [4.78, 5) is 9.38. The molecule has 0 aliphatic carbocycles. The predicted molar refractivity (Wildman–Crippen MR) is 53.6 cm³/mol. The Morgan fingerprint density at radius 2 is 1.64 bits per heavy atom. The van der Waals surface area contributed by atoms with Crippen LogP contribution in [0.3, 0.4) is 0 Å². The van der Waals surface area contributed by atoms with Crippen molar-refractivity contribution in [2.45, 2.75) is 0 Å². The summed E-state index contributed by atoms with van der Waals surface area (Å²) in [5, 5.41) is 1.90. The third kappa shape index (κ3) is 1.26. The Balaban J connectivity index is 2.77. The SMILES string of the molecule is NOc1ccc2ccccc2c1ON. The molecule has 2 rings (SSSR count). The van der Waals surface area contributed by atoms with Crippen LogP contribution in [0.15, 0.2) is 36.4 Å². The number of hydrogen-bond acceptors (Lipinski definition) is 4. The molecule has 4 heteroatoms.